The Hall–Kier alpha value is -3.73. The quantitative estimate of drug-likeness (QED) is 0.608. The highest BCUT2D eigenvalue weighted by Gasteiger charge is 2.11. The molecule has 0 bridgehead atoms. The molecular weight excluding hydrogens is 346 g/mol. The van der Waals surface area contributed by atoms with E-state index in [0.29, 0.717) is 11.3 Å². The van der Waals surface area contributed by atoms with Crippen LogP contribution in [0.5, 0.6) is 5.75 Å². The zero-order valence-corrected chi connectivity index (χ0v) is 13.1. The summed E-state index contributed by atoms with van der Waals surface area (Å²) in [6.45, 7) is -2.94. The summed E-state index contributed by atoms with van der Waals surface area (Å²) in [6, 6.07) is 12.6. The first kappa shape index (κ1) is 18.6. The Bertz CT molecular complexity index is 870. The smallest absolute Gasteiger partial charge is 0.387 e. The third-order valence-electron chi connectivity index (χ3n) is 3.17. The number of carbonyl (C=O) groups excluding carboxylic acids is 1. The Balaban J connectivity index is 2.11. The van der Waals surface area contributed by atoms with Crippen molar-refractivity contribution in [3.05, 3.63) is 65.2 Å². The molecule has 0 unspecified atom stereocenters. The van der Waals surface area contributed by atoms with Gasteiger partial charge in [-0.15, -0.1) is 0 Å². The first-order chi connectivity index (χ1) is 12.4. The van der Waals surface area contributed by atoms with Gasteiger partial charge in [-0.3, -0.25) is 4.79 Å². The van der Waals surface area contributed by atoms with Crippen molar-refractivity contribution in [2.45, 2.75) is 6.61 Å². The molecule has 2 aromatic carbocycles. The average Bonchev–Trinajstić information content (AvgIpc) is 2.61. The maximum absolute atomic E-state index is 12.1. The molecular formula is C18H12F2N2O4. The zero-order chi connectivity index (χ0) is 19.1. The molecule has 0 aliphatic carbocycles. The number of nitriles is 1. The summed E-state index contributed by atoms with van der Waals surface area (Å²) in [4.78, 5) is 22.9. The molecule has 132 valence electrons. The minimum atomic E-state index is -2.94. The third kappa shape index (κ3) is 5.14. The molecule has 1 amide bonds. The summed E-state index contributed by atoms with van der Waals surface area (Å²) < 4.78 is 28.4. The maximum atomic E-state index is 12.1. The number of ether oxygens (including phenoxy) is 1. The van der Waals surface area contributed by atoms with Gasteiger partial charge in [0.05, 0.1) is 5.56 Å². The van der Waals surface area contributed by atoms with Crippen LogP contribution in [-0.4, -0.2) is 23.6 Å². The van der Waals surface area contributed by atoms with Crippen LogP contribution < -0.4 is 10.1 Å². The Morgan fingerprint density at radius 1 is 1.12 bits per heavy atom. The number of aromatic carboxylic acids is 1. The van der Waals surface area contributed by atoms with Gasteiger partial charge in [0, 0.05) is 5.69 Å². The summed E-state index contributed by atoms with van der Waals surface area (Å²) in [6.07, 6.45) is 1.28. The Morgan fingerprint density at radius 3 is 2.23 bits per heavy atom. The number of carboxylic acids is 1. The molecule has 0 saturated heterocycles. The highest BCUT2D eigenvalue weighted by Crippen LogP contribution is 2.17. The molecule has 0 radical (unpaired) electrons. The highest BCUT2D eigenvalue weighted by atomic mass is 19.3. The predicted octanol–water partition coefficient (Wildman–Crippen LogP) is 3.53. The fraction of sp³-hybridized carbons (Fsp3) is 0.0556. The highest BCUT2D eigenvalue weighted by molar-refractivity contribution is 6.09. The molecule has 0 heterocycles. The van der Waals surface area contributed by atoms with Gasteiger partial charge in [0.1, 0.15) is 17.4 Å². The number of amides is 1. The number of nitrogens with one attached hydrogen (secondary N) is 1. The van der Waals surface area contributed by atoms with Crippen molar-refractivity contribution in [2.75, 3.05) is 5.32 Å². The van der Waals surface area contributed by atoms with E-state index >= 15 is 0 Å². The molecule has 6 nitrogen and oxygen atoms in total. The van der Waals surface area contributed by atoms with Crippen molar-refractivity contribution in [3.8, 4) is 11.8 Å². The maximum Gasteiger partial charge on any atom is 0.387 e. The molecule has 2 N–H and O–H groups in total. The lowest BCUT2D eigenvalue weighted by Gasteiger charge is -2.06. The second-order valence-electron chi connectivity index (χ2n) is 4.95. The summed E-state index contributed by atoms with van der Waals surface area (Å²) in [5, 5.41) is 20.4. The van der Waals surface area contributed by atoms with Gasteiger partial charge in [-0.05, 0) is 48.0 Å². The van der Waals surface area contributed by atoms with Crippen molar-refractivity contribution in [1.29, 1.82) is 5.26 Å². The van der Waals surface area contributed by atoms with Gasteiger partial charge in [0.2, 0.25) is 0 Å². The summed E-state index contributed by atoms with van der Waals surface area (Å²) in [7, 11) is 0. The largest absolute Gasteiger partial charge is 0.478 e. The number of halogens is 2. The lowest BCUT2D eigenvalue weighted by atomic mass is 10.1. The molecule has 0 fully saturated rings. The molecule has 0 aliphatic rings. The van der Waals surface area contributed by atoms with Crippen LogP contribution in [0.3, 0.4) is 0 Å². The van der Waals surface area contributed by atoms with Crippen LogP contribution in [0, 0.1) is 11.3 Å². The van der Waals surface area contributed by atoms with E-state index in [2.05, 4.69) is 10.1 Å². The topological polar surface area (TPSA) is 99.4 Å². The Labute approximate surface area is 146 Å². The van der Waals surface area contributed by atoms with Crippen LogP contribution in [0.1, 0.15) is 15.9 Å². The average molecular weight is 358 g/mol. The number of benzene rings is 2. The van der Waals surface area contributed by atoms with Crippen molar-refractivity contribution in [2.24, 2.45) is 0 Å². The molecule has 2 aromatic rings. The van der Waals surface area contributed by atoms with E-state index < -0.39 is 18.5 Å². The SMILES string of the molecule is N#CC(=Cc1ccc(OC(F)F)cc1)C(=O)Nc1ccc(C(=O)O)cc1. The van der Waals surface area contributed by atoms with Gasteiger partial charge >= 0.3 is 12.6 Å². The van der Waals surface area contributed by atoms with E-state index in [1.54, 1.807) is 6.07 Å². The lowest BCUT2D eigenvalue weighted by molar-refractivity contribution is -0.112. The normalized spacial score (nSPS) is 10.9. The number of hydrogen-bond acceptors (Lipinski definition) is 4. The fourth-order valence-electron chi connectivity index (χ4n) is 1.96. The van der Waals surface area contributed by atoms with Crippen molar-refractivity contribution >= 4 is 23.6 Å². The van der Waals surface area contributed by atoms with E-state index in [-0.39, 0.29) is 16.9 Å². The molecule has 0 spiro atoms. The molecule has 2 rings (SSSR count). The Kier molecular flexibility index (Phi) is 6.01. The standard InChI is InChI=1S/C18H12F2N2O4/c19-18(20)26-15-7-1-11(2-8-15)9-13(10-21)16(23)22-14-5-3-12(4-6-14)17(24)25/h1-9,18H,(H,22,23)(H,24,25). The van der Waals surface area contributed by atoms with Gasteiger partial charge in [-0.2, -0.15) is 14.0 Å². The van der Waals surface area contributed by atoms with E-state index in [1.807, 2.05) is 0 Å². The molecule has 0 atom stereocenters. The summed E-state index contributed by atoms with van der Waals surface area (Å²) >= 11 is 0. The van der Waals surface area contributed by atoms with Crippen LogP contribution in [0.4, 0.5) is 14.5 Å². The van der Waals surface area contributed by atoms with E-state index in [0.717, 1.165) is 0 Å². The first-order valence-electron chi connectivity index (χ1n) is 7.20. The van der Waals surface area contributed by atoms with Crippen LogP contribution in [0.15, 0.2) is 54.1 Å². The van der Waals surface area contributed by atoms with Crippen LogP contribution in [0.2, 0.25) is 0 Å². The molecule has 8 heteroatoms. The van der Waals surface area contributed by atoms with Crippen LogP contribution >= 0.6 is 0 Å². The molecule has 0 aliphatic heterocycles. The minimum Gasteiger partial charge on any atom is -0.478 e. The fourth-order valence-corrected chi connectivity index (χ4v) is 1.96. The number of alkyl halides is 2. The number of hydrogen-bond donors (Lipinski definition) is 2. The van der Waals surface area contributed by atoms with E-state index in [9.17, 15) is 18.4 Å². The first-order valence-corrected chi connectivity index (χ1v) is 7.20. The summed E-state index contributed by atoms with van der Waals surface area (Å²) in [5.41, 5.74) is 0.612. The monoisotopic (exact) mass is 358 g/mol. The second-order valence-corrected chi connectivity index (χ2v) is 4.95. The van der Waals surface area contributed by atoms with Gasteiger partial charge < -0.3 is 15.2 Å². The van der Waals surface area contributed by atoms with E-state index in [1.165, 1.54) is 54.6 Å². The molecule has 0 aromatic heterocycles. The number of rotatable bonds is 6. The van der Waals surface area contributed by atoms with Gasteiger partial charge in [0.25, 0.3) is 5.91 Å². The van der Waals surface area contributed by atoms with Gasteiger partial charge in [-0.25, -0.2) is 4.79 Å². The number of carbonyl (C=O) groups is 2. The Morgan fingerprint density at radius 2 is 1.73 bits per heavy atom. The number of nitrogens with zero attached hydrogens (tertiary/aromatic N) is 1. The molecule has 26 heavy (non-hydrogen) atoms. The van der Waals surface area contributed by atoms with Crippen LogP contribution in [0.25, 0.3) is 6.08 Å². The van der Waals surface area contributed by atoms with Crippen molar-refractivity contribution in [3.63, 3.8) is 0 Å². The van der Waals surface area contributed by atoms with Gasteiger partial charge in [0.15, 0.2) is 0 Å². The minimum absolute atomic E-state index is 0.0429. The second kappa shape index (κ2) is 8.39. The number of anilines is 1. The van der Waals surface area contributed by atoms with Crippen molar-refractivity contribution < 1.29 is 28.2 Å². The van der Waals surface area contributed by atoms with Gasteiger partial charge in [-0.1, -0.05) is 12.1 Å². The number of carboxylic acid groups (broad SMARTS) is 1. The predicted molar refractivity (Wildman–Crippen MR) is 88.7 cm³/mol. The van der Waals surface area contributed by atoms with Crippen molar-refractivity contribution in [1.82, 2.24) is 0 Å². The lowest BCUT2D eigenvalue weighted by Crippen LogP contribution is -2.13. The molecule has 0 saturated carbocycles. The van der Waals surface area contributed by atoms with Crippen LogP contribution in [-0.2, 0) is 4.79 Å². The van der Waals surface area contributed by atoms with E-state index in [4.69, 9.17) is 10.4 Å². The summed E-state index contributed by atoms with van der Waals surface area (Å²) in [5.74, 6) is -1.83. The third-order valence-corrected chi connectivity index (χ3v) is 3.17. The zero-order valence-electron chi connectivity index (χ0n) is 13.1.